The van der Waals surface area contributed by atoms with Gasteiger partial charge in [0.05, 0.1) is 11.0 Å². The lowest BCUT2D eigenvalue weighted by molar-refractivity contribution is 1.18. The molecule has 2 heteroatoms. The molecule has 1 aromatic heterocycles. The third-order valence-electron chi connectivity index (χ3n) is 11.6. The van der Waals surface area contributed by atoms with Gasteiger partial charge in [-0.05, 0) is 122 Å². The molecule has 11 aromatic rings. The number of anilines is 3. The van der Waals surface area contributed by atoms with Crippen molar-refractivity contribution in [2.24, 2.45) is 0 Å². The van der Waals surface area contributed by atoms with Crippen LogP contribution in [0.25, 0.3) is 82.4 Å². The maximum absolute atomic E-state index is 2.40. The van der Waals surface area contributed by atoms with E-state index in [1.807, 2.05) is 0 Å². The summed E-state index contributed by atoms with van der Waals surface area (Å²) in [5.74, 6) is 0. The van der Waals surface area contributed by atoms with Crippen molar-refractivity contribution in [2.45, 2.75) is 0 Å². The van der Waals surface area contributed by atoms with E-state index in [-0.39, 0.29) is 0 Å². The summed E-state index contributed by atoms with van der Waals surface area (Å²) in [7, 11) is 0. The molecule has 0 aliphatic heterocycles. The van der Waals surface area contributed by atoms with E-state index in [0.29, 0.717) is 0 Å². The summed E-state index contributed by atoms with van der Waals surface area (Å²) in [6, 6.07) is 83.6. The summed E-state index contributed by atoms with van der Waals surface area (Å²) in [6.07, 6.45) is 0. The van der Waals surface area contributed by atoms with Crippen molar-refractivity contribution < 1.29 is 0 Å². The summed E-state index contributed by atoms with van der Waals surface area (Å²) in [4.78, 5) is 2.36. The molecule has 11 rings (SSSR count). The topological polar surface area (TPSA) is 8.17 Å². The second kappa shape index (κ2) is 14.1. The van der Waals surface area contributed by atoms with Gasteiger partial charge >= 0.3 is 0 Å². The van der Waals surface area contributed by atoms with Crippen LogP contribution in [0.3, 0.4) is 0 Å². The number of hydrogen-bond acceptors (Lipinski definition) is 1. The molecule has 10 aromatic carbocycles. The van der Waals surface area contributed by atoms with E-state index in [1.54, 1.807) is 0 Å². The van der Waals surface area contributed by atoms with Crippen LogP contribution in [0.1, 0.15) is 0 Å². The van der Waals surface area contributed by atoms with Crippen molar-refractivity contribution in [1.29, 1.82) is 0 Å². The quantitative estimate of drug-likeness (QED) is 0.158. The molecule has 272 valence electrons. The van der Waals surface area contributed by atoms with Gasteiger partial charge in [-0.25, -0.2) is 0 Å². The standard InChI is InChI=1S/C56H38N2/c1-2-11-39(12-3-1)46-16-10-17-51(38-46)57(49-32-27-43(28-33-49)47-22-21-40-13-4-5-15-45(40)37-47)48-30-23-41(24-31-48)42-25-34-50(35-26-42)58-54-20-9-8-19-53(54)56-52-18-7-6-14-44(52)29-36-55(56)58/h1-38H. The molecule has 1 heterocycles. The summed E-state index contributed by atoms with van der Waals surface area (Å²) in [6.45, 7) is 0. The second-order valence-electron chi connectivity index (χ2n) is 15.0. The number of nitrogens with zero attached hydrogens (tertiary/aromatic N) is 2. The minimum atomic E-state index is 1.10. The van der Waals surface area contributed by atoms with Crippen LogP contribution in [0.4, 0.5) is 17.1 Å². The van der Waals surface area contributed by atoms with Crippen LogP contribution < -0.4 is 4.90 Å². The van der Waals surface area contributed by atoms with Gasteiger partial charge in [0.1, 0.15) is 0 Å². The SMILES string of the molecule is c1ccc(-c2cccc(N(c3ccc(-c4ccc(-n5c6ccccc6c6c7ccccc7ccc65)cc4)cc3)c3ccc(-c4ccc5ccccc5c4)cc3)c2)cc1. The molecule has 0 atom stereocenters. The highest BCUT2D eigenvalue weighted by Crippen LogP contribution is 2.40. The molecular weight excluding hydrogens is 701 g/mol. The Labute approximate surface area is 338 Å². The highest BCUT2D eigenvalue weighted by Gasteiger charge is 2.17. The lowest BCUT2D eigenvalue weighted by Crippen LogP contribution is -2.10. The fourth-order valence-corrected chi connectivity index (χ4v) is 8.70. The van der Waals surface area contributed by atoms with Gasteiger partial charge in [-0.3, -0.25) is 0 Å². The van der Waals surface area contributed by atoms with Crippen LogP contribution >= 0.6 is 0 Å². The highest BCUT2D eigenvalue weighted by atomic mass is 15.1. The lowest BCUT2D eigenvalue weighted by Gasteiger charge is -2.26. The summed E-state index contributed by atoms with van der Waals surface area (Å²) < 4.78 is 2.40. The van der Waals surface area contributed by atoms with Crippen LogP contribution in [-0.4, -0.2) is 4.57 Å². The van der Waals surface area contributed by atoms with E-state index >= 15 is 0 Å². The molecule has 0 saturated heterocycles. The molecule has 0 saturated carbocycles. The fourth-order valence-electron chi connectivity index (χ4n) is 8.70. The van der Waals surface area contributed by atoms with Gasteiger partial charge in [-0.15, -0.1) is 0 Å². The van der Waals surface area contributed by atoms with Gasteiger partial charge < -0.3 is 9.47 Å². The first-order valence-corrected chi connectivity index (χ1v) is 19.9. The van der Waals surface area contributed by atoms with Gasteiger partial charge in [0.15, 0.2) is 0 Å². The molecule has 0 radical (unpaired) electrons. The van der Waals surface area contributed by atoms with Crippen molar-refractivity contribution in [3.05, 3.63) is 231 Å². The van der Waals surface area contributed by atoms with E-state index < -0.39 is 0 Å². The molecule has 0 amide bonds. The monoisotopic (exact) mass is 738 g/mol. The second-order valence-corrected chi connectivity index (χ2v) is 15.0. The van der Waals surface area contributed by atoms with Gasteiger partial charge in [-0.2, -0.15) is 0 Å². The molecule has 0 aliphatic rings. The molecule has 2 nitrogen and oxygen atoms in total. The molecule has 0 fully saturated rings. The first kappa shape index (κ1) is 33.6. The van der Waals surface area contributed by atoms with Gasteiger partial charge in [0, 0.05) is 33.5 Å². The molecule has 0 unspecified atom stereocenters. The van der Waals surface area contributed by atoms with Crippen LogP contribution in [0.5, 0.6) is 0 Å². The molecular formula is C56H38N2. The van der Waals surface area contributed by atoms with Crippen LogP contribution in [-0.2, 0) is 0 Å². The smallest absolute Gasteiger partial charge is 0.0547 e. The largest absolute Gasteiger partial charge is 0.310 e. The summed E-state index contributed by atoms with van der Waals surface area (Å²) in [5, 5.41) is 7.62. The number of fused-ring (bicyclic) bond motifs is 6. The fraction of sp³-hybridized carbons (Fsp3) is 0. The third kappa shape index (κ3) is 5.91. The van der Waals surface area contributed by atoms with E-state index in [4.69, 9.17) is 0 Å². The molecule has 58 heavy (non-hydrogen) atoms. The summed E-state index contributed by atoms with van der Waals surface area (Å²) >= 11 is 0. The maximum Gasteiger partial charge on any atom is 0.0547 e. The maximum atomic E-state index is 2.40. The Kier molecular flexibility index (Phi) is 8.19. The van der Waals surface area contributed by atoms with Crippen molar-refractivity contribution >= 4 is 60.4 Å². The van der Waals surface area contributed by atoms with Crippen molar-refractivity contribution in [2.75, 3.05) is 4.90 Å². The van der Waals surface area contributed by atoms with Gasteiger partial charge in [0.2, 0.25) is 0 Å². The molecule has 0 N–H and O–H groups in total. The minimum absolute atomic E-state index is 1.10. The zero-order valence-electron chi connectivity index (χ0n) is 31.8. The Morgan fingerprint density at radius 2 is 0.793 bits per heavy atom. The Bertz CT molecular complexity index is 3250. The molecule has 0 spiro atoms. The Hall–Kier alpha value is -7.68. The van der Waals surface area contributed by atoms with Crippen LogP contribution in [0, 0.1) is 0 Å². The zero-order chi connectivity index (χ0) is 38.4. The van der Waals surface area contributed by atoms with E-state index in [2.05, 4.69) is 240 Å². The first-order valence-electron chi connectivity index (χ1n) is 19.9. The van der Waals surface area contributed by atoms with E-state index in [9.17, 15) is 0 Å². The average molecular weight is 739 g/mol. The number of hydrogen-bond donors (Lipinski definition) is 0. The average Bonchev–Trinajstić information content (AvgIpc) is 3.65. The van der Waals surface area contributed by atoms with Gasteiger partial charge in [0.25, 0.3) is 0 Å². The molecule has 0 aliphatic carbocycles. The van der Waals surface area contributed by atoms with Crippen molar-refractivity contribution in [1.82, 2.24) is 4.57 Å². The Morgan fingerprint density at radius 1 is 0.276 bits per heavy atom. The predicted octanol–water partition coefficient (Wildman–Crippen LogP) is 15.6. The number of rotatable bonds is 7. The Balaban J connectivity index is 0.951. The number of para-hydroxylation sites is 1. The van der Waals surface area contributed by atoms with Gasteiger partial charge in [-0.1, -0.05) is 164 Å². The van der Waals surface area contributed by atoms with E-state index in [1.165, 1.54) is 76.7 Å². The normalized spacial score (nSPS) is 11.4. The summed E-state index contributed by atoms with van der Waals surface area (Å²) in [5.41, 5.74) is 14.0. The third-order valence-corrected chi connectivity index (χ3v) is 11.6. The molecule has 0 bridgehead atoms. The number of aromatic nitrogens is 1. The predicted molar refractivity (Wildman–Crippen MR) is 247 cm³/mol. The minimum Gasteiger partial charge on any atom is -0.310 e. The lowest BCUT2D eigenvalue weighted by atomic mass is 10.0. The zero-order valence-corrected chi connectivity index (χ0v) is 31.8. The Morgan fingerprint density at radius 3 is 1.53 bits per heavy atom. The van der Waals surface area contributed by atoms with E-state index in [0.717, 1.165) is 22.7 Å². The van der Waals surface area contributed by atoms with Crippen LogP contribution in [0.2, 0.25) is 0 Å². The van der Waals surface area contributed by atoms with Crippen LogP contribution in [0.15, 0.2) is 231 Å². The number of benzene rings is 10. The first-order chi connectivity index (χ1) is 28.7. The van der Waals surface area contributed by atoms with Crippen molar-refractivity contribution in [3.8, 4) is 39.1 Å². The van der Waals surface area contributed by atoms with Crippen molar-refractivity contribution in [3.63, 3.8) is 0 Å². The highest BCUT2D eigenvalue weighted by molar-refractivity contribution is 6.21.